The lowest BCUT2D eigenvalue weighted by molar-refractivity contribution is 0.0860. The molecule has 1 aromatic heterocycles. The van der Waals surface area contributed by atoms with E-state index in [0.717, 1.165) is 14.7 Å². The Balaban J connectivity index is 1.84. The second-order valence-corrected chi connectivity index (χ2v) is 6.90. The molecule has 3 rings (SSSR count). The molecule has 2 heterocycles. The Morgan fingerprint density at radius 3 is 2.50 bits per heavy atom. The van der Waals surface area contributed by atoms with E-state index in [1.165, 1.54) is 14.1 Å². The molecule has 9 heteroatoms. The fraction of sp³-hybridized carbons (Fsp3) is 0.421. The van der Waals surface area contributed by atoms with Crippen LogP contribution in [0.4, 0.5) is 5.82 Å². The zero-order valence-corrected chi connectivity index (χ0v) is 16.4. The van der Waals surface area contributed by atoms with Crippen LogP contribution >= 0.6 is 0 Å². The van der Waals surface area contributed by atoms with Gasteiger partial charge in [-0.15, -0.1) is 0 Å². The summed E-state index contributed by atoms with van der Waals surface area (Å²) in [6, 6.07) is 4.99. The first-order valence-electron chi connectivity index (χ1n) is 8.90. The molecule has 150 valence electrons. The van der Waals surface area contributed by atoms with Crippen LogP contribution in [0.15, 0.2) is 27.8 Å². The fourth-order valence-corrected chi connectivity index (χ4v) is 3.11. The van der Waals surface area contributed by atoms with Gasteiger partial charge in [0.05, 0.1) is 6.04 Å². The highest BCUT2D eigenvalue weighted by Crippen LogP contribution is 2.31. The predicted octanol–water partition coefficient (Wildman–Crippen LogP) is 0.141. The lowest BCUT2D eigenvalue weighted by Gasteiger charge is -2.25. The molecular weight excluding hydrogens is 364 g/mol. The smallest absolute Gasteiger partial charge is 0.332 e. The van der Waals surface area contributed by atoms with E-state index >= 15 is 0 Å². The highest BCUT2D eigenvalue weighted by Gasteiger charge is 2.27. The van der Waals surface area contributed by atoms with Gasteiger partial charge in [-0.1, -0.05) is 6.07 Å². The Kier molecular flexibility index (Phi) is 5.28. The van der Waals surface area contributed by atoms with Gasteiger partial charge in [0, 0.05) is 20.6 Å². The van der Waals surface area contributed by atoms with Gasteiger partial charge in [-0.05, 0) is 31.7 Å². The van der Waals surface area contributed by atoms with Crippen molar-refractivity contribution >= 4 is 11.6 Å². The van der Waals surface area contributed by atoms with Gasteiger partial charge in [0.2, 0.25) is 0 Å². The minimum Gasteiger partial charge on any atom is -0.486 e. The lowest BCUT2D eigenvalue weighted by Crippen LogP contribution is -2.45. The SMILES string of the molecule is CC(C(=O)c1c(N)n(C)c(=O)n(C)c1=O)N(C)Cc1ccc2c(c1)OCCO2. The van der Waals surface area contributed by atoms with Crippen molar-refractivity contribution in [2.75, 3.05) is 26.0 Å². The van der Waals surface area contributed by atoms with Crippen molar-refractivity contribution in [2.24, 2.45) is 14.1 Å². The second kappa shape index (κ2) is 7.51. The number of nitrogens with two attached hydrogens (primary N) is 1. The molecule has 0 saturated heterocycles. The number of hydrogen-bond donors (Lipinski definition) is 1. The van der Waals surface area contributed by atoms with Crippen LogP contribution in [0.5, 0.6) is 11.5 Å². The maximum absolute atomic E-state index is 13.0. The van der Waals surface area contributed by atoms with E-state index in [1.54, 1.807) is 18.9 Å². The number of Topliss-reactive ketones (excluding diaryl/α,β-unsaturated/α-hetero) is 1. The number of nitrogen functional groups attached to an aromatic ring is 1. The van der Waals surface area contributed by atoms with Gasteiger partial charge in [-0.25, -0.2) is 4.79 Å². The summed E-state index contributed by atoms with van der Waals surface area (Å²) >= 11 is 0. The Hall–Kier alpha value is -3.07. The average Bonchev–Trinajstić information content (AvgIpc) is 2.70. The number of carbonyl (C=O) groups excluding carboxylic acids is 1. The van der Waals surface area contributed by atoms with E-state index in [2.05, 4.69) is 0 Å². The minimum absolute atomic E-state index is 0.127. The summed E-state index contributed by atoms with van der Waals surface area (Å²) < 4.78 is 13.1. The van der Waals surface area contributed by atoms with Crippen LogP contribution in [0.3, 0.4) is 0 Å². The molecule has 2 N–H and O–H groups in total. The van der Waals surface area contributed by atoms with Crippen molar-refractivity contribution in [3.05, 3.63) is 50.2 Å². The van der Waals surface area contributed by atoms with Crippen LogP contribution in [0.2, 0.25) is 0 Å². The lowest BCUT2D eigenvalue weighted by atomic mass is 10.1. The molecule has 1 unspecified atom stereocenters. The van der Waals surface area contributed by atoms with E-state index in [1.807, 2.05) is 18.2 Å². The quantitative estimate of drug-likeness (QED) is 0.726. The van der Waals surface area contributed by atoms with Crippen LogP contribution in [0.1, 0.15) is 22.8 Å². The van der Waals surface area contributed by atoms with Gasteiger partial charge in [0.25, 0.3) is 5.56 Å². The van der Waals surface area contributed by atoms with Crippen molar-refractivity contribution < 1.29 is 14.3 Å². The number of likely N-dealkylation sites (N-methyl/N-ethyl adjacent to an activating group) is 1. The first-order chi connectivity index (χ1) is 13.2. The molecule has 0 saturated carbocycles. The molecule has 1 aliphatic rings. The van der Waals surface area contributed by atoms with Crippen LogP contribution in [-0.4, -0.2) is 46.1 Å². The Labute approximate surface area is 161 Å². The van der Waals surface area contributed by atoms with Crippen molar-refractivity contribution in [2.45, 2.75) is 19.5 Å². The summed E-state index contributed by atoms with van der Waals surface area (Å²) in [6.45, 7) is 3.17. The maximum atomic E-state index is 13.0. The number of nitrogens with zero attached hydrogens (tertiary/aromatic N) is 3. The fourth-order valence-electron chi connectivity index (χ4n) is 3.11. The number of rotatable bonds is 5. The molecule has 1 aliphatic heterocycles. The minimum atomic E-state index is -0.690. The zero-order chi connectivity index (χ0) is 20.6. The van der Waals surface area contributed by atoms with E-state index in [4.69, 9.17) is 15.2 Å². The van der Waals surface area contributed by atoms with Gasteiger partial charge >= 0.3 is 5.69 Å². The Morgan fingerprint density at radius 2 is 1.82 bits per heavy atom. The van der Waals surface area contributed by atoms with Gasteiger partial charge in [0.15, 0.2) is 17.3 Å². The topological polar surface area (TPSA) is 109 Å². The summed E-state index contributed by atoms with van der Waals surface area (Å²) in [5, 5.41) is 0. The molecule has 1 atom stereocenters. The Morgan fingerprint density at radius 1 is 1.18 bits per heavy atom. The molecule has 0 radical (unpaired) electrons. The zero-order valence-electron chi connectivity index (χ0n) is 16.4. The first-order valence-corrected chi connectivity index (χ1v) is 8.90. The molecular formula is C19H24N4O5. The number of ether oxygens (including phenoxy) is 2. The normalized spacial score (nSPS) is 14.2. The van der Waals surface area contributed by atoms with Gasteiger partial charge in [0.1, 0.15) is 24.6 Å². The third-order valence-electron chi connectivity index (χ3n) is 5.04. The summed E-state index contributed by atoms with van der Waals surface area (Å²) in [7, 11) is 4.53. The molecule has 0 aliphatic carbocycles. The molecule has 2 aromatic rings. The highest BCUT2D eigenvalue weighted by molar-refractivity contribution is 6.03. The highest BCUT2D eigenvalue weighted by atomic mass is 16.6. The summed E-state index contributed by atoms with van der Waals surface area (Å²) in [4.78, 5) is 39.2. The van der Waals surface area contributed by atoms with Crippen LogP contribution in [0, 0.1) is 0 Å². The Bertz CT molecular complexity index is 1040. The summed E-state index contributed by atoms with van der Waals surface area (Å²) in [5.41, 5.74) is 5.40. The van der Waals surface area contributed by atoms with E-state index in [0.29, 0.717) is 31.3 Å². The third-order valence-corrected chi connectivity index (χ3v) is 5.04. The average molecular weight is 388 g/mol. The van der Waals surface area contributed by atoms with Crippen molar-refractivity contribution in [3.63, 3.8) is 0 Å². The number of aromatic nitrogens is 2. The number of anilines is 1. The third kappa shape index (κ3) is 3.40. The van der Waals surface area contributed by atoms with Gasteiger partial charge in [-0.2, -0.15) is 0 Å². The van der Waals surface area contributed by atoms with E-state index in [-0.39, 0.29) is 11.4 Å². The predicted molar refractivity (Wildman–Crippen MR) is 104 cm³/mol. The van der Waals surface area contributed by atoms with Crippen molar-refractivity contribution in [1.29, 1.82) is 0 Å². The van der Waals surface area contributed by atoms with Crippen LogP contribution in [0.25, 0.3) is 0 Å². The number of carbonyl (C=O) groups is 1. The van der Waals surface area contributed by atoms with Crippen LogP contribution < -0.4 is 26.5 Å². The maximum Gasteiger partial charge on any atom is 0.332 e. The number of fused-ring (bicyclic) bond motifs is 1. The summed E-state index contributed by atoms with van der Waals surface area (Å²) in [6.07, 6.45) is 0. The van der Waals surface area contributed by atoms with Gasteiger partial charge < -0.3 is 15.2 Å². The summed E-state index contributed by atoms with van der Waals surface area (Å²) in [5.74, 6) is 0.807. The van der Waals surface area contributed by atoms with E-state index < -0.39 is 23.1 Å². The second-order valence-electron chi connectivity index (χ2n) is 6.90. The largest absolute Gasteiger partial charge is 0.486 e. The van der Waals surface area contributed by atoms with E-state index in [9.17, 15) is 14.4 Å². The molecule has 0 fully saturated rings. The number of hydrogen-bond acceptors (Lipinski definition) is 7. The first kappa shape index (κ1) is 19.7. The molecule has 0 amide bonds. The number of ketones is 1. The standard InChI is InChI=1S/C19H24N4O5/c1-11(16(24)15-17(20)22(3)19(26)23(4)18(15)25)21(2)10-12-5-6-13-14(9-12)28-8-7-27-13/h5-6,9,11H,7-8,10,20H2,1-4H3. The van der Waals surface area contributed by atoms with Crippen LogP contribution in [-0.2, 0) is 20.6 Å². The van der Waals surface area contributed by atoms with Crippen molar-refractivity contribution in [3.8, 4) is 11.5 Å². The molecule has 0 bridgehead atoms. The molecule has 0 spiro atoms. The monoisotopic (exact) mass is 388 g/mol. The van der Waals surface area contributed by atoms with Crippen molar-refractivity contribution in [1.82, 2.24) is 14.0 Å². The molecule has 9 nitrogen and oxygen atoms in total. The molecule has 28 heavy (non-hydrogen) atoms. The van der Waals surface area contributed by atoms with Gasteiger partial charge in [-0.3, -0.25) is 23.6 Å². The molecule has 1 aromatic carbocycles. The number of benzene rings is 1.